The fourth-order valence-corrected chi connectivity index (χ4v) is 3.76. The number of morpholine rings is 1. The standard InChI is InChI=1S/C17H33N3O2.2ClH/c1-3-14(4-2)16(20-8-10-22-11-9-20)13-19-17(21)15-6-5-7-18-12-15;;/h14-16,18H,3-13H2,1-2H3,(H,19,21);2*1H. The van der Waals surface area contributed by atoms with E-state index in [0.29, 0.717) is 12.0 Å². The molecular weight excluding hydrogens is 349 g/mol. The summed E-state index contributed by atoms with van der Waals surface area (Å²) < 4.78 is 5.48. The lowest BCUT2D eigenvalue weighted by atomic mass is 9.92. The zero-order valence-electron chi connectivity index (χ0n) is 15.1. The summed E-state index contributed by atoms with van der Waals surface area (Å²) >= 11 is 0. The maximum absolute atomic E-state index is 12.4. The predicted molar refractivity (Wildman–Crippen MR) is 103 cm³/mol. The molecule has 144 valence electrons. The first-order chi connectivity index (χ1) is 10.8. The average Bonchev–Trinajstić information content (AvgIpc) is 2.60. The molecule has 0 aromatic heterocycles. The number of nitrogens with zero attached hydrogens (tertiary/aromatic N) is 1. The van der Waals surface area contributed by atoms with Gasteiger partial charge in [-0.3, -0.25) is 9.69 Å². The molecule has 0 aromatic rings. The van der Waals surface area contributed by atoms with Gasteiger partial charge in [0, 0.05) is 32.2 Å². The summed E-state index contributed by atoms with van der Waals surface area (Å²) in [4.78, 5) is 14.9. The van der Waals surface area contributed by atoms with Gasteiger partial charge in [-0.05, 0) is 25.3 Å². The van der Waals surface area contributed by atoms with Crippen LogP contribution in [0, 0.1) is 11.8 Å². The minimum absolute atomic E-state index is 0. The topological polar surface area (TPSA) is 53.6 Å². The molecule has 2 aliphatic heterocycles. The van der Waals surface area contributed by atoms with Gasteiger partial charge in [0.05, 0.1) is 19.1 Å². The van der Waals surface area contributed by atoms with Crippen molar-refractivity contribution >= 4 is 30.7 Å². The predicted octanol–water partition coefficient (Wildman–Crippen LogP) is 2.08. The molecule has 0 aliphatic carbocycles. The number of amides is 1. The number of rotatable bonds is 7. The molecule has 24 heavy (non-hydrogen) atoms. The van der Waals surface area contributed by atoms with E-state index in [2.05, 4.69) is 29.4 Å². The van der Waals surface area contributed by atoms with Gasteiger partial charge in [-0.2, -0.15) is 0 Å². The van der Waals surface area contributed by atoms with Gasteiger partial charge in [0.2, 0.25) is 5.91 Å². The Labute approximate surface area is 159 Å². The quantitative estimate of drug-likeness (QED) is 0.706. The Kier molecular flexibility index (Phi) is 13.1. The van der Waals surface area contributed by atoms with Crippen LogP contribution in [-0.2, 0) is 9.53 Å². The van der Waals surface area contributed by atoms with E-state index in [1.807, 2.05) is 0 Å². The molecule has 0 bridgehead atoms. The third-order valence-electron chi connectivity index (χ3n) is 5.26. The number of piperidine rings is 1. The van der Waals surface area contributed by atoms with Crippen LogP contribution in [0.15, 0.2) is 0 Å². The number of hydrogen-bond donors (Lipinski definition) is 2. The van der Waals surface area contributed by atoms with E-state index >= 15 is 0 Å². The van der Waals surface area contributed by atoms with Crippen LogP contribution in [0.5, 0.6) is 0 Å². The monoisotopic (exact) mass is 383 g/mol. The molecule has 0 aromatic carbocycles. The molecule has 5 nitrogen and oxygen atoms in total. The summed E-state index contributed by atoms with van der Waals surface area (Å²) in [5.41, 5.74) is 0. The van der Waals surface area contributed by atoms with Crippen molar-refractivity contribution in [2.75, 3.05) is 45.9 Å². The van der Waals surface area contributed by atoms with Crippen LogP contribution in [0.2, 0.25) is 0 Å². The number of nitrogens with one attached hydrogen (secondary N) is 2. The van der Waals surface area contributed by atoms with Gasteiger partial charge in [0.25, 0.3) is 0 Å². The second-order valence-electron chi connectivity index (χ2n) is 6.58. The van der Waals surface area contributed by atoms with Crippen molar-refractivity contribution < 1.29 is 9.53 Å². The summed E-state index contributed by atoms with van der Waals surface area (Å²) in [5.74, 6) is 1.03. The summed E-state index contributed by atoms with van der Waals surface area (Å²) in [7, 11) is 0. The first-order valence-electron chi connectivity index (χ1n) is 9.06. The highest BCUT2D eigenvalue weighted by molar-refractivity contribution is 5.85. The van der Waals surface area contributed by atoms with Crippen molar-refractivity contribution in [3.63, 3.8) is 0 Å². The molecule has 2 atom stereocenters. The molecule has 2 rings (SSSR count). The van der Waals surface area contributed by atoms with E-state index in [9.17, 15) is 4.79 Å². The van der Waals surface area contributed by atoms with Gasteiger partial charge >= 0.3 is 0 Å². The van der Waals surface area contributed by atoms with Crippen LogP contribution < -0.4 is 10.6 Å². The smallest absolute Gasteiger partial charge is 0.224 e. The normalized spacial score (nSPS) is 23.0. The molecule has 0 radical (unpaired) electrons. The summed E-state index contributed by atoms with van der Waals surface area (Å²) in [6.45, 7) is 10.8. The number of carbonyl (C=O) groups excluding carboxylic acids is 1. The van der Waals surface area contributed by atoms with Crippen molar-refractivity contribution in [3.8, 4) is 0 Å². The zero-order chi connectivity index (χ0) is 15.8. The molecule has 2 fully saturated rings. The van der Waals surface area contributed by atoms with Crippen LogP contribution in [0.1, 0.15) is 39.5 Å². The molecule has 2 heterocycles. The largest absolute Gasteiger partial charge is 0.379 e. The lowest BCUT2D eigenvalue weighted by Crippen LogP contribution is -2.53. The Balaban J connectivity index is 0.00000264. The van der Waals surface area contributed by atoms with Gasteiger partial charge < -0.3 is 15.4 Å². The Morgan fingerprint density at radius 1 is 1.25 bits per heavy atom. The second kappa shape index (κ2) is 13.2. The Morgan fingerprint density at radius 2 is 1.92 bits per heavy atom. The van der Waals surface area contributed by atoms with Gasteiger partial charge in [-0.15, -0.1) is 24.8 Å². The Morgan fingerprint density at radius 3 is 2.46 bits per heavy atom. The fourth-order valence-electron chi connectivity index (χ4n) is 3.76. The molecule has 2 unspecified atom stereocenters. The number of hydrogen-bond acceptors (Lipinski definition) is 4. The van der Waals surface area contributed by atoms with Crippen LogP contribution in [0.3, 0.4) is 0 Å². The van der Waals surface area contributed by atoms with Crippen LogP contribution in [0.4, 0.5) is 0 Å². The molecule has 2 N–H and O–H groups in total. The van der Waals surface area contributed by atoms with Crippen molar-refractivity contribution in [1.82, 2.24) is 15.5 Å². The van der Waals surface area contributed by atoms with Gasteiger partial charge in [0.15, 0.2) is 0 Å². The van der Waals surface area contributed by atoms with Crippen molar-refractivity contribution in [2.45, 2.75) is 45.6 Å². The van der Waals surface area contributed by atoms with Crippen molar-refractivity contribution in [3.05, 3.63) is 0 Å². The lowest BCUT2D eigenvalue weighted by molar-refractivity contribution is -0.126. The van der Waals surface area contributed by atoms with Crippen molar-refractivity contribution in [1.29, 1.82) is 0 Å². The van der Waals surface area contributed by atoms with E-state index < -0.39 is 0 Å². The molecule has 1 amide bonds. The zero-order valence-corrected chi connectivity index (χ0v) is 16.7. The molecule has 7 heteroatoms. The Hall–Kier alpha value is -0.0700. The minimum atomic E-state index is 0. The van der Waals surface area contributed by atoms with E-state index in [1.165, 1.54) is 12.8 Å². The summed E-state index contributed by atoms with van der Waals surface area (Å²) in [6.07, 6.45) is 4.46. The van der Waals surface area contributed by atoms with Crippen LogP contribution in [0.25, 0.3) is 0 Å². The highest BCUT2D eigenvalue weighted by Gasteiger charge is 2.28. The van der Waals surface area contributed by atoms with E-state index in [1.54, 1.807) is 0 Å². The van der Waals surface area contributed by atoms with Crippen LogP contribution >= 0.6 is 24.8 Å². The fraction of sp³-hybridized carbons (Fsp3) is 0.941. The maximum Gasteiger partial charge on any atom is 0.224 e. The van der Waals surface area contributed by atoms with Crippen LogP contribution in [-0.4, -0.2) is 62.8 Å². The Bertz CT molecular complexity index is 332. The third-order valence-corrected chi connectivity index (χ3v) is 5.26. The first-order valence-corrected chi connectivity index (χ1v) is 9.06. The van der Waals surface area contributed by atoms with Gasteiger partial charge in [-0.25, -0.2) is 0 Å². The summed E-state index contributed by atoms with van der Waals surface area (Å²) in [5, 5.41) is 6.56. The third kappa shape index (κ3) is 7.04. The number of halogens is 2. The van der Waals surface area contributed by atoms with E-state index in [-0.39, 0.29) is 36.6 Å². The first kappa shape index (κ1) is 23.9. The molecule has 2 saturated heterocycles. The van der Waals surface area contributed by atoms with E-state index in [0.717, 1.165) is 58.8 Å². The van der Waals surface area contributed by atoms with E-state index in [4.69, 9.17) is 4.74 Å². The SMILES string of the molecule is CCC(CC)C(CNC(=O)C1CCCNC1)N1CCOCC1.Cl.Cl. The van der Waals surface area contributed by atoms with Crippen molar-refractivity contribution in [2.24, 2.45) is 11.8 Å². The number of carbonyl (C=O) groups is 1. The molecular formula is C17H35Cl2N3O2. The molecule has 2 aliphatic rings. The van der Waals surface area contributed by atoms with Gasteiger partial charge in [0.1, 0.15) is 0 Å². The maximum atomic E-state index is 12.4. The molecule has 0 saturated carbocycles. The second-order valence-corrected chi connectivity index (χ2v) is 6.58. The summed E-state index contributed by atoms with van der Waals surface area (Å²) in [6, 6.07) is 0.444. The average molecular weight is 384 g/mol. The highest BCUT2D eigenvalue weighted by Crippen LogP contribution is 2.20. The lowest BCUT2D eigenvalue weighted by Gasteiger charge is -2.39. The number of ether oxygens (including phenoxy) is 1. The van der Waals surface area contributed by atoms with Gasteiger partial charge in [-0.1, -0.05) is 26.7 Å². The highest BCUT2D eigenvalue weighted by atomic mass is 35.5. The molecule has 0 spiro atoms. The minimum Gasteiger partial charge on any atom is -0.379 e.